The van der Waals surface area contributed by atoms with Gasteiger partial charge in [-0.2, -0.15) is 0 Å². The number of aldehydes is 1. The van der Waals surface area contributed by atoms with Crippen molar-refractivity contribution in [1.29, 1.82) is 0 Å². The Kier molecular flexibility index (Phi) is 4.69. The summed E-state index contributed by atoms with van der Waals surface area (Å²) in [5, 5.41) is 0.567. The summed E-state index contributed by atoms with van der Waals surface area (Å²) < 4.78 is 29.4. The molecule has 0 atom stereocenters. The lowest BCUT2D eigenvalue weighted by Crippen LogP contribution is -2.08. The van der Waals surface area contributed by atoms with E-state index < -0.39 is 13.0 Å². The minimum absolute atomic E-state index is 0.137. The van der Waals surface area contributed by atoms with Gasteiger partial charge in [-0.15, -0.1) is 0 Å². The molecular weight excluding hydrogens is 286 g/mol. The highest BCUT2D eigenvalue weighted by atomic mass is 35.5. The van der Waals surface area contributed by atoms with Gasteiger partial charge < -0.3 is 4.74 Å². The largest absolute Gasteiger partial charge is 0.487 e. The fraction of sp³-hybridized carbons (Fsp3) is 0.133. The lowest BCUT2D eigenvalue weighted by molar-refractivity contribution is 0.0809. The molecule has 0 N–H and O–H groups in total. The van der Waals surface area contributed by atoms with E-state index in [2.05, 4.69) is 0 Å². The van der Waals surface area contributed by atoms with Crippen molar-refractivity contribution in [3.8, 4) is 16.9 Å². The number of rotatable bonds is 5. The molecule has 0 fully saturated rings. The summed E-state index contributed by atoms with van der Waals surface area (Å²) in [5.41, 5.74) is 1.79. The molecule has 0 amide bonds. The molecule has 0 spiro atoms. The number of hydrogen-bond acceptors (Lipinski definition) is 2. The molecule has 0 saturated heterocycles. The van der Waals surface area contributed by atoms with Gasteiger partial charge in [-0.3, -0.25) is 4.79 Å². The Morgan fingerprint density at radius 3 is 2.55 bits per heavy atom. The fourth-order valence-corrected chi connectivity index (χ4v) is 1.95. The number of carbonyl (C=O) groups excluding carboxylic acids is 1. The quantitative estimate of drug-likeness (QED) is 0.761. The van der Waals surface area contributed by atoms with E-state index in [0.717, 1.165) is 11.1 Å². The molecule has 0 saturated carbocycles. The third-order valence-corrected chi connectivity index (χ3v) is 2.90. The van der Waals surface area contributed by atoms with Crippen molar-refractivity contribution in [1.82, 2.24) is 0 Å². The molecule has 0 heterocycles. The van der Waals surface area contributed by atoms with Crippen molar-refractivity contribution < 1.29 is 18.3 Å². The summed E-state index contributed by atoms with van der Waals surface area (Å²) in [5.74, 6) is 0.137. The highest BCUT2D eigenvalue weighted by Crippen LogP contribution is 2.28. The maximum Gasteiger partial charge on any atom is 0.272 e. The molecule has 20 heavy (non-hydrogen) atoms. The Labute approximate surface area is 119 Å². The first-order chi connectivity index (χ1) is 9.60. The smallest absolute Gasteiger partial charge is 0.272 e. The number of hydrogen-bond donors (Lipinski definition) is 0. The predicted molar refractivity (Wildman–Crippen MR) is 73.8 cm³/mol. The van der Waals surface area contributed by atoms with Crippen molar-refractivity contribution in [3.63, 3.8) is 0 Å². The minimum atomic E-state index is -2.59. The van der Waals surface area contributed by atoms with Gasteiger partial charge in [-0.25, -0.2) is 8.78 Å². The first-order valence-electron chi connectivity index (χ1n) is 5.86. The van der Waals surface area contributed by atoms with Crippen LogP contribution in [0.5, 0.6) is 5.75 Å². The van der Waals surface area contributed by atoms with Crippen LogP contribution in [0.4, 0.5) is 8.78 Å². The third kappa shape index (κ3) is 3.54. The molecule has 2 aromatic rings. The zero-order valence-corrected chi connectivity index (χ0v) is 11.1. The second-order valence-corrected chi connectivity index (χ2v) is 4.52. The number of carbonyl (C=O) groups is 1. The third-order valence-electron chi connectivity index (χ3n) is 2.66. The number of benzene rings is 2. The maximum atomic E-state index is 12.2. The van der Waals surface area contributed by atoms with E-state index in [-0.39, 0.29) is 11.3 Å². The van der Waals surface area contributed by atoms with Crippen molar-refractivity contribution in [2.24, 2.45) is 0 Å². The molecule has 0 aliphatic rings. The standard InChI is InChI=1S/C15H11ClF2O2/c16-13-3-1-2-10(6-13)11-4-5-12(8-19)14(7-11)20-9-15(17)18/h1-8,15H,9H2. The van der Waals surface area contributed by atoms with Gasteiger partial charge in [0.05, 0.1) is 5.56 Å². The lowest BCUT2D eigenvalue weighted by Gasteiger charge is -2.10. The summed E-state index contributed by atoms with van der Waals surface area (Å²) >= 11 is 5.91. The van der Waals surface area contributed by atoms with Crippen LogP contribution in [0.3, 0.4) is 0 Å². The van der Waals surface area contributed by atoms with Gasteiger partial charge in [-0.1, -0.05) is 29.8 Å². The highest BCUT2D eigenvalue weighted by molar-refractivity contribution is 6.30. The van der Waals surface area contributed by atoms with Crippen LogP contribution in [-0.4, -0.2) is 19.3 Å². The van der Waals surface area contributed by atoms with Crippen LogP contribution in [0, 0.1) is 0 Å². The molecule has 0 aliphatic heterocycles. The highest BCUT2D eigenvalue weighted by Gasteiger charge is 2.09. The van der Waals surface area contributed by atoms with Crippen molar-refractivity contribution in [2.45, 2.75) is 6.43 Å². The summed E-state index contributed by atoms with van der Waals surface area (Å²) in [6.07, 6.45) is -2.02. The Bertz CT molecular complexity index is 615. The van der Waals surface area contributed by atoms with Crippen LogP contribution in [0.25, 0.3) is 11.1 Å². The van der Waals surface area contributed by atoms with E-state index in [1.807, 2.05) is 6.07 Å². The van der Waals surface area contributed by atoms with Gasteiger partial charge in [0.15, 0.2) is 6.29 Å². The van der Waals surface area contributed by atoms with Gasteiger partial charge in [-0.05, 0) is 35.4 Å². The van der Waals surface area contributed by atoms with Crippen LogP contribution in [-0.2, 0) is 0 Å². The lowest BCUT2D eigenvalue weighted by atomic mass is 10.0. The summed E-state index contributed by atoms with van der Waals surface area (Å²) in [6, 6.07) is 11.9. The molecule has 0 unspecified atom stereocenters. The second kappa shape index (κ2) is 6.48. The normalized spacial score (nSPS) is 10.6. The Morgan fingerprint density at radius 1 is 1.15 bits per heavy atom. The SMILES string of the molecule is O=Cc1ccc(-c2cccc(Cl)c2)cc1OCC(F)F. The first-order valence-corrected chi connectivity index (χ1v) is 6.24. The van der Waals surface area contributed by atoms with Gasteiger partial charge in [0, 0.05) is 5.02 Å². The van der Waals surface area contributed by atoms with Crippen LogP contribution in [0.2, 0.25) is 5.02 Å². The van der Waals surface area contributed by atoms with E-state index in [1.54, 1.807) is 30.3 Å². The topological polar surface area (TPSA) is 26.3 Å². The molecule has 5 heteroatoms. The van der Waals surface area contributed by atoms with E-state index >= 15 is 0 Å². The Hall–Kier alpha value is -1.94. The average Bonchev–Trinajstić information content (AvgIpc) is 2.44. The van der Waals surface area contributed by atoms with E-state index in [9.17, 15) is 13.6 Å². The van der Waals surface area contributed by atoms with Crippen molar-refractivity contribution in [3.05, 3.63) is 53.1 Å². The molecule has 0 bridgehead atoms. The zero-order chi connectivity index (χ0) is 14.5. The summed E-state index contributed by atoms with van der Waals surface area (Å²) in [7, 11) is 0. The number of alkyl halides is 2. The van der Waals surface area contributed by atoms with Gasteiger partial charge in [0.1, 0.15) is 12.4 Å². The van der Waals surface area contributed by atoms with E-state index in [4.69, 9.17) is 16.3 Å². The number of halogens is 3. The zero-order valence-electron chi connectivity index (χ0n) is 10.4. The van der Waals surface area contributed by atoms with E-state index in [1.165, 1.54) is 6.07 Å². The molecule has 0 aromatic heterocycles. The Morgan fingerprint density at radius 2 is 1.90 bits per heavy atom. The maximum absolute atomic E-state index is 12.2. The first kappa shape index (κ1) is 14.5. The molecule has 2 nitrogen and oxygen atoms in total. The molecule has 0 radical (unpaired) electrons. The van der Waals surface area contributed by atoms with Crippen LogP contribution >= 0.6 is 11.6 Å². The monoisotopic (exact) mass is 296 g/mol. The summed E-state index contributed by atoms with van der Waals surface area (Å²) in [4.78, 5) is 10.9. The Balaban J connectivity index is 2.36. The number of ether oxygens (including phenoxy) is 1. The molecular formula is C15H11ClF2O2. The van der Waals surface area contributed by atoms with Crippen molar-refractivity contribution >= 4 is 17.9 Å². The second-order valence-electron chi connectivity index (χ2n) is 4.08. The average molecular weight is 297 g/mol. The molecule has 2 rings (SSSR count). The summed E-state index contributed by atoms with van der Waals surface area (Å²) in [6.45, 7) is -0.750. The molecule has 0 aliphatic carbocycles. The molecule has 104 valence electrons. The van der Waals surface area contributed by atoms with E-state index in [0.29, 0.717) is 11.3 Å². The van der Waals surface area contributed by atoms with Crippen LogP contribution in [0.15, 0.2) is 42.5 Å². The molecule has 2 aromatic carbocycles. The van der Waals surface area contributed by atoms with Crippen LogP contribution in [0.1, 0.15) is 10.4 Å². The van der Waals surface area contributed by atoms with Crippen molar-refractivity contribution in [2.75, 3.05) is 6.61 Å². The minimum Gasteiger partial charge on any atom is -0.487 e. The predicted octanol–water partition coefficient (Wildman–Crippen LogP) is 4.46. The van der Waals surface area contributed by atoms with Gasteiger partial charge >= 0.3 is 0 Å². The van der Waals surface area contributed by atoms with Gasteiger partial charge in [0.25, 0.3) is 6.43 Å². The fourth-order valence-electron chi connectivity index (χ4n) is 1.76. The van der Waals surface area contributed by atoms with Gasteiger partial charge in [0.2, 0.25) is 0 Å². The van der Waals surface area contributed by atoms with Crippen LogP contribution < -0.4 is 4.74 Å².